The molecule has 0 fully saturated rings. The maximum Gasteiger partial charge on any atom is 0.320 e. The molecule has 2 unspecified atom stereocenters. The molecule has 0 aromatic heterocycles. The van der Waals surface area contributed by atoms with Crippen LogP contribution < -0.4 is 10.5 Å². The molecule has 6 heteroatoms. The van der Waals surface area contributed by atoms with Crippen LogP contribution in [0.15, 0.2) is 18.2 Å². The predicted molar refractivity (Wildman–Crippen MR) is 95.6 cm³/mol. The summed E-state index contributed by atoms with van der Waals surface area (Å²) < 4.78 is 11.2. The normalized spacial score (nSPS) is 13.6. The number of rotatable bonds is 9. The van der Waals surface area contributed by atoms with Crippen LogP contribution in [0.1, 0.15) is 70.4 Å². The summed E-state index contributed by atoms with van der Waals surface area (Å²) in [7, 11) is 0. The van der Waals surface area contributed by atoms with Crippen LogP contribution in [0.5, 0.6) is 5.75 Å². The molecule has 2 atom stereocenters. The van der Waals surface area contributed by atoms with E-state index in [-0.39, 0.29) is 24.7 Å². The summed E-state index contributed by atoms with van der Waals surface area (Å²) >= 11 is 0. The molecular formula is C19H29NO5. The third-order valence-corrected chi connectivity index (χ3v) is 3.88. The Labute approximate surface area is 149 Å². The zero-order valence-corrected chi connectivity index (χ0v) is 15.6. The minimum absolute atomic E-state index is 0.0285. The maximum atomic E-state index is 11.9. The minimum Gasteiger partial charge on any atom is -0.480 e. The molecule has 0 spiro atoms. The second-order valence-electron chi connectivity index (χ2n) is 6.73. The van der Waals surface area contributed by atoms with Crippen molar-refractivity contribution in [2.75, 3.05) is 0 Å². The zero-order chi connectivity index (χ0) is 19.1. The molecule has 6 nitrogen and oxygen atoms in total. The average Bonchev–Trinajstić information content (AvgIpc) is 2.51. The van der Waals surface area contributed by atoms with Gasteiger partial charge in [0.15, 0.2) is 0 Å². The molecule has 0 bridgehead atoms. The van der Waals surface area contributed by atoms with Gasteiger partial charge < -0.3 is 20.3 Å². The highest BCUT2D eigenvalue weighted by atomic mass is 16.7. The first-order valence-electron chi connectivity index (χ1n) is 8.60. The number of carboxylic acids is 1. The van der Waals surface area contributed by atoms with Crippen molar-refractivity contribution >= 4 is 11.9 Å². The Balaban J connectivity index is 2.78. The minimum atomic E-state index is -1.13. The molecule has 0 aliphatic rings. The SMILES string of the molecule is CC(OC(=O)CCC(N)C(=O)O)Oc1c(C(C)C)cccc1C(C)C. The fourth-order valence-electron chi connectivity index (χ4n) is 2.45. The molecule has 1 aromatic carbocycles. The van der Waals surface area contributed by atoms with Crippen molar-refractivity contribution in [1.82, 2.24) is 0 Å². The highest BCUT2D eigenvalue weighted by Gasteiger charge is 2.20. The zero-order valence-electron chi connectivity index (χ0n) is 15.6. The Kier molecular flexibility index (Phi) is 7.90. The fourth-order valence-corrected chi connectivity index (χ4v) is 2.45. The number of carbonyl (C=O) groups is 2. The first-order chi connectivity index (χ1) is 11.6. The summed E-state index contributed by atoms with van der Waals surface area (Å²) in [5.74, 6) is -0.382. The highest BCUT2D eigenvalue weighted by molar-refractivity contribution is 5.75. The molecule has 0 amide bonds. The van der Waals surface area contributed by atoms with Crippen LogP contribution in [-0.2, 0) is 14.3 Å². The van der Waals surface area contributed by atoms with E-state index < -0.39 is 24.3 Å². The highest BCUT2D eigenvalue weighted by Crippen LogP contribution is 2.35. The van der Waals surface area contributed by atoms with Crippen molar-refractivity contribution in [3.63, 3.8) is 0 Å². The van der Waals surface area contributed by atoms with Crippen molar-refractivity contribution in [2.45, 2.75) is 71.6 Å². The van der Waals surface area contributed by atoms with Crippen LogP contribution in [0.25, 0.3) is 0 Å². The Hall–Kier alpha value is -2.08. The first kappa shape index (κ1) is 21.0. The van der Waals surface area contributed by atoms with Crippen LogP contribution in [0.2, 0.25) is 0 Å². The van der Waals surface area contributed by atoms with Gasteiger partial charge in [0.05, 0.1) is 0 Å². The van der Waals surface area contributed by atoms with Crippen LogP contribution >= 0.6 is 0 Å². The molecule has 0 radical (unpaired) electrons. The molecule has 0 saturated carbocycles. The van der Waals surface area contributed by atoms with Crippen molar-refractivity contribution in [3.05, 3.63) is 29.3 Å². The van der Waals surface area contributed by atoms with E-state index >= 15 is 0 Å². The van der Waals surface area contributed by atoms with E-state index in [4.69, 9.17) is 20.3 Å². The van der Waals surface area contributed by atoms with Gasteiger partial charge in [-0.15, -0.1) is 0 Å². The number of hydrogen-bond acceptors (Lipinski definition) is 5. The molecule has 0 saturated heterocycles. The molecule has 140 valence electrons. The van der Waals surface area contributed by atoms with Gasteiger partial charge in [-0.1, -0.05) is 45.9 Å². The van der Waals surface area contributed by atoms with Crippen molar-refractivity contribution in [3.8, 4) is 5.75 Å². The van der Waals surface area contributed by atoms with Gasteiger partial charge >= 0.3 is 11.9 Å². The molecule has 25 heavy (non-hydrogen) atoms. The Morgan fingerprint density at radius 1 is 1.08 bits per heavy atom. The summed E-state index contributed by atoms with van der Waals surface area (Å²) in [6, 6.07) is 4.94. The standard InChI is InChI=1S/C19H29NO5/c1-11(2)14-7-6-8-15(12(3)4)18(14)25-13(5)24-17(21)10-9-16(20)19(22)23/h6-8,11-13,16H,9-10,20H2,1-5H3,(H,22,23). The number of benzene rings is 1. The number of esters is 1. The average molecular weight is 351 g/mol. The van der Waals surface area contributed by atoms with Gasteiger partial charge in [0.2, 0.25) is 6.29 Å². The monoisotopic (exact) mass is 351 g/mol. The third kappa shape index (κ3) is 6.38. The smallest absolute Gasteiger partial charge is 0.320 e. The summed E-state index contributed by atoms with van der Waals surface area (Å²) in [4.78, 5) is 22.5. The number of ether oxygens (including phenoxy) is 2. The van der Waals surface area contributed by atoms with Crippen LogP contribution in [-0.4, -0.2) is 29.4 Å². The second kappa shape index (κ2) is 9.42. The number of aliphatic carboxylic acids is 1. The van der Waals surface area contributed by atoms with Gasteiger partial charge in [-0.05, 0) is 29.4 Å². The molecular weight excluding hydrogens is 322 g/mol. The van der Waals surface area contributed by atoms with E-state index in [0.29, 0.717) is 0 Å². The van der Waals surface area contributed by atoms with Gasteiger partial charge in [0.1, 0.15) is 11.8 Å². The fraction of sp³-hybridized carbons (Fsp3) is 0.579. The largest absolute Gasteiger partial charge is 0.480 e. The van der Waals surface area contributed by atoms with E-state index in [0.717, 1.165) is 16.9 Å². The number of para-hydroxylation sites is 1. The topological polar surface area (TPSA) is 98.9 Å². The number of hydrogen-bond donors (Lipinski definition) is 2. The number of carboxylic acid groups (broad SMARTS) is 1. The maximum absolute atomic E-state index is 11.9. The summed E-state index contributed by atoms with van der Waals surface area (Å²) in [5.41, 5.74) is 7.50. The summed E-state index contributed by atoms with van der Waals surface area (Å²) in [6.07, 6.45) is -0.809. The number of carbonyl (C=O) groups excluding carboxylic acids is 1. The van der Waals surface area contributed by atoms with Crippen LogP contribution in [0, 0.1) is 0 Å². The predicted octanol–water partition coefficient (Wildman–Crippen LogP) is 3.39. The van der Waals surface area contributed by atoms with Gasteiger partial charge in [0.25, 0.3) is 0 Å². The number of nitrogens with two attached hydrogens (primary N) is 1. The van der Waals surface area contributed by atoms with Crippen molar-refractivity contribution in [1.29, 1.82) is 0 Å². The molecule has 3 N–H and O–H groups in total. The van der Waals surface area contributed by atoms with Gasteiger partial charge in [0, 0.05) is 13.3 Å². The van der Waals surface area contributed by atoms with Gasteiger partial charge in [-0.3, -0.25) is 9.59 Å². The summed E-state index contributed by atoms with van der Waals surface area (Å²) in [5, 5.41) is 8.73. The van der Waals surface area contributed by atoms with Crippen molar-refractivity contribution < 1.29 is 24.2 Å². The lowest BCUT2D eigenvalue weighted by Crippen LogP contribution is -2.31. The second-order valence-corrected chi connectivity index (χ2v) is 6.73. The van der Waals surface area contributed by atoms with E-state index in [1.807, 2.05) is 18.2 Å². The lowest BCUT2D eigenvalue weighted by Gasteiger charge is -2.23. The van der Waals surface area contributed by atoms with Gasteiger partial charge in [-0.25, -0.2) is 0 Å². The van der Waals surface area contributed by atoms with Gasteiger partial charge in [-0.2, -0.15) is 0 Å². The van der Waals surface area contributed by atoms with E-state index in [9.17, 15) is 9.59 Å². The first-order valence-corrected chi connectivity index (χ1v) is 8.60. The Bertz CT molecular complexity index is 571. The van der Waals surface area contributed by atoms with E-state index in [1.165, 1.54) is 0 Å². The van der Waals surface area contributed by atoms with Crippen LogP contribution in [0.4, 0.5) is 0 Å². The molecule has 1 rings (SSSR count). The Morgan fingerprint density at radius 3 is 2.04 bits per heavy atom. The summed E-state index contributed by atoms with van der Waals surface area (Å²) in [6.45, 7) is 9.97. The molecule has 0 aliphatic heterocycles. The Morgan fingerprint density at radius 2 is 1.60 bits per heavy atom. The lowest BCUT2D eigenvalue weighted by atomic mass is 9.94. The van der Waals surface area contributed by atoms with E-state index in [1.54, 1.807) is 6.92 Å². The van der Waals surface area contributed by atoms with E-state index in [2.05, 4.69) is 27.7 Å². The van der Waals surface area contributed by atoms with Crippen molar-refractivity contribution in [2.24, 2.45) is 5.73 Å². The lowest BCUT2D eigenvalue weighted by molar-refractivity contribution is -0.161. The quantitative estimate of drug-likeness (QED) is 0.522. The molecule has 1 aromatic rings. The van der Waals surface area contributed by atoms with Crippen LogP contribution in [0.3, 0.4) is 0 Å². The third-order valence-electron chi connectivity index (χ3n) is 3.88. The molecule has 0 aliphatic carbocycles. The molecule has 0 heterocycles.